The molecule has 1 amide bonds. The van der Waals surface area contributed by atoms with E-state index in [2.05, 4.69) is 54.8 Å². The lowest BCUT2D eigenvalue weighted by Gasteiger charge is -2.64. The van der Waals surface area contributed by atoms with E-state index in [1.807, 2.05) is 0 Å². The molecule has 1 aromatic rings. The van der Waals surface area contributed by atoms with Gasteiger partial charge < -0.3 is 10.6 Å². The number of hydrogen-bond donors (Lipinski definition) is 2. The Bertz CT molecular complexity index is 755. The third-order valence-corrected chi connectivity index (χ3v) is 9.42. The topological polar surface area (TPSA) is 41.1 Å². The van der Waals surface area contributed by atoms with Crippen LogP contribution in [-0.2, 0) is 10.2 Å². The van der Waals surface area contributed by atoms with Gasteiger partial charge in [0.25, 0.3) is 0 Å². The van der Waals surface area contributed by atoms with E-state index < -0.39 is 0 Å². The van der Waals surface area contributed by atoms with Crippen LogP contribution in [0.15, 0.2) is 30.3 Å². The number of rotatable bonds is 4. The second-order valence-corrected chi connectivity index (χ2v) is 11.1. The van der Waals surface area contributed by atoms with E-state index in [1.165, 1.54) is 38.5 Å². The van der Waals surface area contributed by atoms with Crippen LogP contribution in [0, 0.1) is 23.2 Å². The molecular formula is C26H38N2O. The van der Waals surface area contributed by atoms with Crippen molar-refractivity contribution >= 4 is 5.91 Å². The molecule has 3 nitrogen and oxygen atoms in total. The molecule has 3 bridgehead atoms. The summed E-state index contributed by atoms with van der Waals surface area (Å²) in [4.78, 5) is 13.6. The summed E-state index contributed by atoms with van der Waals surface area (Å²) in [6, 6.07) is 11.3. The Morgan fingerprint density at radius 3 is 2.62 bits per heavy atom. The van der Waals surface area contributed by atoms with Crippen molar-refractivity contribution in [3.05, 3.63) is 35.9 Å². The Morgan fingerprint density at radius 1 is 1.14 bits per heavy atom. The van der Waals surface area contributed by atoms with Gasteiger partial charge in [-0.05, 0) is 99.6 Å². The molecule has 1 saturated heterocycles. The number of piperidine rings is 1. The Morgan fingerprint density at radius 2 is 1.90 bits per heavy atom. The van der Waals surface area contributed by atoms with Crippen molar-refractivity contribution in [2.45, 2.75) is 82.6 Å². The maximum atomic E-state index is 13.6. The maximum Gasteiger partial charge on any atom is 0.223 e. The van der Waals surface area contributed by atoms with Crippen molar-refractivity contribution in [2.24, 2.45) is 23.2 Å². The molecule has 4 fully saturated rings. The van der Waals surface area contributed by atoms with Gasteiger partial charge in [0.1, 0.15) is 0 Å². The highest BCUT2D eigenvalue weighted by molar-refractivity contribution is 5.80. The molecular weight excluding hydrogens is 356 g/mol. The number of fused-ring (bicyclic) bond motifs is 2. The molecule has 0 spiro atoms. The van der Waals surface area contributed by atoms with Crippen molar-refractivity contribution in [1.29, 1.82) is 0 Å². The second kappa shape index (κ2) is 7.11. The maximum absolute atomic E-state index is 13.6. The van der Waals surface area contributed by atoms with Crippen LogP contribution >= 0.6 is 0 Å². The first-order chi connectivity index (χ1) is 14.0. The van der Waals surface area contributed by atoms with Gasteiger partial charge in [0.15, 0.2) is 0 Å². The van der Waals surface area contributed by atoms with Crippen LogP contribution in [0.3, 0.4) is 0 Å². The van der Waals surface area contributed by atoms with Crippen LogP contribution in [0.4, 0.5) is 0 Å². The van der Waals surface area contributed by atoms with Gasteiger partial charge in [0, 0.05) is 11.5 Å². The van der Waals surface area contributed by atoms with E-state index in [0.29, 0.717) is 28.6 Å². The van der Waals surface area contributed by atoms with Gasteiger partial charge in [-0.2, -0.15) is 0 Å². The van der Waals surface area contributed by atoms with Gasteiger partial charge in [0.2, 0.25) is 5.91 Å². The molecule has 3 aliphatic carbocycles. The zero-order valence-electron chi connectivity index (χ0n) is 18.3. The predicted molar refractivity (Wildman–Crippen MR) is 118 cm³/mol. The molecule has 29 heavy (non-hydrogen) atoms. The molecule has 3 saturated carbocycles. The summed E-state index contributed by atoms with van der Waals surface area (Å²) in [7, 11) is 0. The largest absolute Gasteiger partial charge is 0.351 e. The Labute approximate surface area is 176 Å². The third kappa shape index (κ3) is 3.24. The Kier molecular flexibility index (Phi) is 4.81. The van der Waals surface area contributed by atoms with Crippen LogP contribution in [0.1, 0.15) is 77.2 Å². The Balaban J connectivity index is 1.41. The fourth-order valence-corrected chi connectivity index (χ4v) is 8.02. The quantitative estimate of drug-likeness (QED) is 0.769. The normalized spacial score (nSPS) is 40.4. The van der Waals surface area contributed by atoms with Crippen molar-refractivity contribution < 1.29 is 4.79 Å². The summed E-state index contributed by atoms with van der Waals surface area (Å²) in [6.45, 7) is 6.69. The zero-order valence-corrected chi connectivity index (χ0v) is 18.3. The molecule has 4 aliphatic rings. The number of benzene rings is 1. The van der Waals surface area contributed by atoms with Gasteiger partial charge in [-0.25, -0.2) is 0 Å². The van der Waals surface area contributed by atoms with Gasteiger partial charge in [-0.1, -0.05) is 43.7 Å². The first-order valence-corrected chi connectivity index (χ1v) is 12.1. The van der Waals surface area contributed by atoms with E-state index in [9.17, 15) is 4.79 Å². The van der Waals surface area contributed by atoms with E-state index in [0.717, 1.165) is 32.4 Å². The molecule has 3 heteroatoms. The van der Waals surface area contributed by atoms with E-state index >= 15 is 0 Å². The third-order valence-electron chi connectivity index (χ3n) is 9.42. The summed E-state index contributed by atoms with van der Waals surface area (Å²) in [5.41, 5.74) is 2.27. The van der Waals surface area contributed by atoms with E-state index in [1.54, 1.807) is 5.56 Å². The smallest absolute Gasteiger partial charge is 0.223 e. The molecule has 0 radical (unpaired) electrons. The zero-order chi connectivity index (χ0) is 20.1. The lowest BCUT2D eigenvalue weighted by molar-refractivity contribution is -0.148. The van der Waals surface area contributed by atoms with Crippen LogP contribution < -0.4 is 10.6 Å². The van der Waals surface area contributed by atoms with Crippen molar-refractivity contribution in [1.82, 2.24) is 10.6 Å². The highest BCUT2D eigenvalue weighted by atomic mass is 16.2. The fourth-order valence-electron chi connectivity index (χ4n) is 8.02. The summed E-state index contributed by atoms with van der Waals surface area (Å²) >= 11 is 0. The number of amides is 1. The van der Waals surface area contributed by atoms with Crippen LogP contribution in [0.25, 0.3) is 0 Å². The van der Waals surface area contributed by atoms with Gasteiger partial charge in [-0.15, -0.1) is 0 Å². The van der Waals surface area contributed by atoms with Crippen molar-refractivity contribution in [2.75, 3.05) is 13.1 Å². The molecule has 5 atom stereocenters. The average molecular weight is 395 g/mol. The minimum absolute atomic E-state index is 0.0171. The molecule has 158 valence electrons. The molecule has 1 aromatic carbocycles. The monoisotopic (exact) mass is 394 g/mol. The molecule has 5 rings (SSSR count). The van der Waals surface area contributed by atoms with Crippen molar-refractivity contribution in [3.8, 4) is 0 Å². The first-order valence-electron chi connectivity index (χ1n) is 12.1. The average Bonchev–Trinajstić information content (AvgIpc) is 2.72. The number of carbonyl (C=O) groups is 1. The fraction of sp³-hybridized carbons (Fsp3) is 0.731. The lowest BCUT2D eigenvalue weighted by Crippen LogP contribution is -2.60. The van der Waals surface area contributed by atoms with Crippen LogP contribution in [0.2, 0.25) is 0 Å². The van der Waals surface area contributed by atoms with Gasteiger partial charge >= 0.3 is 0 Å². The minimum atomic E-state index is -0.0171. The molecule has 2 N–H and O–H groups in total. The number of nitrogens with one attached hydrogen (secondary N) is 2. The summed E-state index contributed by atoms with van der Waals surface area (Å²) in [6.07, 6.45) is 10.9. The number of hydrogen-bond acceptors (Lipinski definition) is 2. The van der Waals surface area contributed by atoms with E-state index in [4.69, 9.17) is 0 Å². The minimum Gasteiger partial charge on any atom is -0.351 e. The summed E-state index contributed by atoms with van der Waals surface area (Å²) in [5, 5.41) is 6.97. The van der Waals surface area contributed by atoms with Crippen LogP contribution in [0.5, 0.6) is 0 Å². The predicted octanol–water partition coefficient (Wildman–Crippen LogP) is 4.81. The highest BCUT2D eigenvalue weighted by Gasteiger charge is 2.60. The van der Waals surface area contributed by atoms with Gasteiger partial charge in [-0.3, -0.25) is 4.79 Å². The van der Waals surface area contributed by atoms with Crippen LogP contribution in [-0.4, -0.2) is 24.5 Å². The second-order valence-electron chi connectivity index (χ2n) is 11.1. The Hall–Kier alpha value is -1.35. The molecule has 5 unspecified atom stereocenters. The standard InChI is InChI=1S/C26H38N2O/c1-3-25-16-19-15-21(23(29)28-24(2)11-13-27-14-12-24)22(25)9-10-26(17-19,18-25)20-7-5-4-6-8-20/h4-8,19,21-22,27H,3,9-18H2,1-2H3,(H,28,29). The number of carbonyl (C=O) groups excluding carboxylic acids is 1. The first kappa shape index (κ1) is 19.6. The lowest BCUT2D eigenvalue weighted by atomic mass is 9.41. The SMILES string of the molecule is CCC12CC3CC(C(=O)NC4(C)CCNCC4)C1CCC(c1ccccc1)(C3)C2. The van der Waals surface area contributed by atoms with Gasteiger partial charge in [0.05, 0.1) is 0 Å². The molecule has 0 aromatic heterocycles. The van der Waals surface area contributed by atoms with Crippen molar-refractivity contribution in [3.63, 3.8) is 0 Å². The summed E-state index contributed by atoms with van der Waals surface area (Å²) in [5.74, 6) is 1.88. The van der Waals surface area contributed by atoms with E-state index in [-0.39, 0.29) is 11.5 Å². The highest BCUT2D eigenvalue weighted by Crippen LogP contribution is 2.67. The molecule has 1 heterocycles. The molecule has 1 aliphatic heterocycles. The summed E-state index contributed by atoms with van der Waals surface area (Å²) < 4.78 is 0.